The third kappa shape index (κ3) is 2.36. The van der Waals surface area contributed by atoms with Gasteiger partial charge in [-0.05, 0) is 30.7 Å². The molecule has 6 heteroatoms. The van der Waals surface area contributed by atoms with Crippen LogP contribution in [-0.4, -0.2) is 41.7 Å². The third-order valence-electron chi connectivity index (χ3n) is 4.17. The van der Waals surface area contributed by atoms with E-state index in [0.717, 1.165) is 30.2 Å². The molecular weight excluding hydrogens is 292 g/mol. The third-order valence-corrected chi connectivity index (χ3v) is 4.17. The fourth-order valence-corrected chi connectivity index (χ4v) is 2.72. The smallest absolute Gasteiger partial charge is 0.236 e. The van der Waals surface area contributed by atoms with Gasteiger partial charge in [-0.2, -0.15) is 4.98 Å². The van der Waals surface area contributed by atoms with E-state index in [2.05, 4.69) is 14.9 Å². The van der Waals surface area contributed by atoms with Gasteiger partial charge in [0.2, 0.25) is 5.78 Å². The van der Waals surface area contributed by atoms with Crippen molar-refractivity contribution in [2.45, 2.75) is 6.42 Å². The molecule has 0 saturated carbocycles. The van der Waals surface area contributed by atoms with E-state index in [4.69, 9.17) is 9.47 Å². The SMILES string of the molecule is COc1ccc(-c2cn3ccc(N4CCC4)nc3n2)cc1OC. The van der Waals surface area contributed by atoms with E-state index >= 15 is 0 Å². The molecule has 0 aliphatic carbocycles. The molecule has 0 bridgehead atoms. The summed E-state index contributed by atoms with van der Waals surface area (Å²) in [5.74, 6) is 3.10. The first kappa shape index (κ1) is 13.9. The van der Waals surface area contributed by atoms with Gasteiger partial charge in [-0.3, -0.25) is 4.40 Å². The monoisotopic (exact) mass is 310 g/mol. The maximum absolute atomic E-state index is 5.36. The second-order valence-electron chi connectivity index (χ2n) is 5.53. The Balaban J connectivity index is 1.73. The number of hydrogen-bond donors (Lipinski definition) is 0. The van der Waals surface area contributed by atoms with Gasteiger partial charge >= 0.3 is 0 Å². The second-order valence-corrected chi connectivity index (χ2v) is 5.53. The van der Waals surface area contributed by atoms with Crippen molar-refractivity contribution in [3.05, 3.63) is 36.7 Å². The number of methoxy groups -OCH3 is 2. The Morgan fingerprint density at radius 2 is 1.83 bits per heavy atom. The van der Waals surface area contributed by atoms with Gasteiger partial charge < -0.3 is 14.4 Å². The van der Waals surface area contributed by atoms with Gasteiger partial charge in [-0.15, -0.1) is 0 Å². The summed E-state index contributed by atoms with van der Waals surface area (Å²) in [6.07, 6.45) is 5.22. The van der Waals surface area contributed by atoms with Crippen molar-refractivity contribution in [3.8, 4) is 22.8 Å². The number of ether oxygens (including phenoxy) is 2. The van der Waals surface area contributed by atoms with Crippen molar-refractivity contribution in [1.29, 1.82) is 0 Å². The molecular formula is C17H18N4O2. The van der Waals surface area contributed by atoms with E-state index in [1.165, 1.54) is 6.42 Å². The molecule has 23 heavy (non-hydrogen) atoms. The minimum Gasteiger partial charge on any atom is -0.493 e. The molecule has 3 heterocycles. The second kappa shape index (κ2) is 5.46. The molecule has 1 aromatic carbocycles. The Kier molecular flexibility index (Phi) is 3.29. The molecule has 6 nitrogen and oxygen atoms in total. The molecule has 1 aliphatic rings. The summed E-state index contributed by atoms with van der Waals surface area (Å²) in [7, 11) is 3.26. The lowest BCUT2D eigenvalue weighted by molar-refractivity contribution is 0.355. The van der Waals surface area contributed by atoms with Crippen LogP contribution in [0, 0.1) is 0 Å². The van der Waals surface area contributed by atoms with E-state index in [0.29, 0.717) is 17.3 Å². The van der Waals surface area contributed by atoms with Crippen LogP contribution < -0.4 is 14.4 Å². The van der Waals surface area contributed by atoms with Crippen molar-refractivity contribution in [1.82, 2.24) is 14.4 Å². The predicted octanol–water partition coefficient (Wildman–Crippen LogP) is 2.62. The molecule has 0 atom stereocenters. The average molecular weight is 310 g/mol. The molecule has 2 aromatic heterocycles. The quantitative estimate of drug-likeness (QED) is 0.741. The molecule has 118 valence electrons. The largest absolute Gasteiger partial charge is 0.493 e. The minimum atomic E-state index is 0.691. The van der Waals surface area contributed by atoms with Gasteiger partial charge in [0, 0.05) is 31.0 Å². The Bertz CT molecular complexity index is 855. The lowest BCUT2D eigenvalue weighted by Gasteiger charge is -2.31. The summed E-state index contributed by atoms with van der Waals surface area (Å²) in [6.45, 7) is 2.15. The van der Waals surface area contributed by atoms with Gasteiger partial charge in [-0.25, -0.2) is 4.98 Å². The summed E-state index contributed by atoms with van der Waals surface area (Å²) >= 11 is 0. The number of hydrogen-bond acceptors (Lipinski definition) is 5. The number of imidazole rings is 1. The summed E-state index contributed by atoms with van der Waals surface area (Å²) in [4.78, 5) is 11.5. The van der Waals surface area contributed by atoms with Crippen LogP contribution in [0.4, 0.5) is 5.82 Å². The number of fused-ring (bicyclic) bond motifs is 1. The molecule has 1 fully saturated rings. The van der Waals surface area contributed by atoms with Crippen LogP contribution in [-0.2, 0) is 0 Å². The lowest BCUT2D eigenvalue weighted by Crippen LogP contribution is -2.37. The van der Waals surface area contributed by atoms with Gasteiger partial charge in [-0.1, -0.05) is 0 Å². The maximum Gasteiger partial charge on any atom is 0.236 e. The topological polar surface area (TPSA) is 51.9 Å². The lowest BCUT2D eigenvalue weighted by atomic mass is 10.1. The van der Waals surface area contributed by atoms with Crippen LogP contribution in [0.1, 0.15) is 6.42 Å². The fraction of sp³-hybridized carbons (Fsp3) is 0.294. The maximum atomic E-state index is 5.36. The first-order valence-electron chi connectivity index (χ1n) is 7.61. The molecule has 1 aliphatic heterocycles. The number of anilines is 1. The van der Waals surface area contributed by atoms with Crippen molar-refractivity contribution in [2.24, 2.45) is 0 Å². The summed E-state index contributed by atoms with van der Waals surface area (Å²) in [5.41, 5.74) is 1.83. The first-order chi connectivity index (χ1) is 11.3. The Hall–Kier alpha value is -2.76. The van der Waals surface area contributed by atoms with Crippen molar-refractivity contribution >= 4 is 11.6 Å². The van der Waals surface area contributed by atoms with Crippen molar-refractivity contribution in [2.75, 3.05) is 32.2 Å². The van der Waals surface area contributed by atoms with Crippen molar-refractivity contribution in [3.63, 3.8) is 0 Å². The molecule has 3 aromatic rings. The minimum absolute atomic E-state index is 0.691. The van der Waals surface area contributed by atoms with E-state index in [-0.39, 0.29) is 0 Å². The highest BCUT2D eigenvalue weighted by molar-refractivity contribution is 5.66. The number of nitrogens with zero attached hydrogens (tertiary/aromatic N) is 4. The highest BCUT2D eigenvalue weighted by Crippen LogP contribution is 2.32. The highest BCUT2D eigenvalue weighted by atomic mass is 16.5. The molecule has 0 radical (unpaired) electrons. The summed E-state index contributed by atoms with van der Waals surface area (Å²) in [5, 5.41) is 0. The van der Waals surface area contributed by atoms with Crippen LogP contribution >= 0.6 is 0 Å². The number of benzene rings is 1. The fourth-order valence-electron chi connectivity index (χ4n) is 2.72. The first-order valence-corrected chi connectivity index (χ1v) is 7.61. The molecule has 4 rings (SSSR count). The molecule has 0 N–H and O–H groups in total. The standard InChI is InChI=1S/C17H18N4O2/c1-22-14-5-4-12(10-15(14)23-2)13-11-21-9-6-16(19-17(21)18-13)20-7-3-8-20/h4-6,9-11H,3,7-8H2,1-2H3. The normalized spacial score (nSPS) is 13.9. The van der Waals surface area contributed by atoms with Crippen LogP contribution in [0.3, 0.4) is 0 Å². The average Bonchev–Trinajstić information content (AvgIpc) is 2.96. The molecule has 1 saturated heterocycles. The van der Waals surface area contributed by atoms with E-state index in [1.54, 1.807) is 14.2 Å². The van der Waals surface area contributed by atoms with Gasteiger partial charge in [0.05, 0.1) is 19.9 Å². The molecule has 0 unspecified atom stereocenters. The molecule has 0 spiro atoms. The van der Waals surface area contributed by atoms with E-state index in [9.17, 15) is 0 Å². The van der Waals surface area contributed by atoms with Crippen LogP contribution in [0.2, 0.25) is 0 Å². The van der Waals surface area contributed by atoms with Gasteiger partial charge in [0.25, 0.3) is 0 Å². The Morgan fingerprint density at radius 1 is 1.00 bits per heavy atom. The van der Waals surface area contributed by atoms with Crippen LogP contribution in [0.15, 0.2) is 36.7 Å². The van der Waals surface area contributed by atoms with Crippen molar-refractivity contribution < 1.29 is 9.47 Å². The van der Waals surface area contributed by atoms with Gasteiger partial charge in [0.15, 0.2) is 11.5 Å². The zero-order valence-corrected chi connectivity index (χ0v) is 13.2. The zero-order chi connectivity index (χ0) is 15.8. The Morgan fingerprint density at radius 3 is 2.52 bits per heavy atom. The Labute approximate surface area is 134 Å². The van der Waals surface area contributed by atoms with E-state index in [1.807, 2.05) is 41.1 Å². The number of rotatable bonds is 4. The van der Waals surface area contributed by atoms with Crippen LogP contribution in [0.5, 0.6) is 11.5 Å². The van der Waals surface area contributed by atoms with Crippen LogP contribution in [0.25, 0.3) is 17.0 Å². The number of aromatic nitrogens is 3. The predicted molar refractivity (Wildman–Crippen MR) is 88.4 cm³/mol. The van der Waals surface area contributed by atoms with Gasteiger partial charge in [0.1, 0.15) is 5.82 Å². The zero-order valence-electron chi connectivity index (χ0n) is 13.2. The summed E-state index contributed by atoms with van der Waals surface area (Å²) in [6, 6.07) is 7.82. The van der Waals surface area contributed by atoms with E-state index < -0.39 is 0 Å². The molecule has 0 amide bonds. The summed E-state index contributed by atoms with van der Waals surface area (Å²) < 4.78 is 12.6. The highest BCUT2D eigenvalue weighted by Gasteiger charge is 2.17.